The second kappa shape index (κ2) is 5.96. The number of nitrogens with zero attached hydrogens (tertiary/aromatic N) is 2. The number of rotatable bonds is 2. The summed E-state index contributed by atoms with van der Waals surface area (Å²) in [6.45, 7) is 0. The molecule has 0 rings (SSSR count). The number of allylic oxidation sites excluding steroid dienone is 2. The lowest BCUT2D eigenvalue weighted by Crippen LogP contribution is -2.02. The van der Waals surface area contributed by atoms with E-state index in [4.69, 9.17) is 10.5 Å². The van der Waals surface area contributed by atoms with E-state index in [1.807, 2.05) is 12.1 Å². The van der Waals surface area contributed by atoms with Gasteiger partial charge in [-0.3, -0.25) is 0 Å². The van der Waals surface area contributed by atoms with E-state index >= 15 is 0 Å². The highest BCUT2D eigenvalue weighted by Crippen LogP contribution is 2.07. The number of halogens is 2. The molecule has 0 saturated heterocycles. The van der Waals surface area contributed by atoms with Crippen LogP contribution in [0.2, 0.25) is 0 Å². The Kier molecular flexibility index (Phi) is 5.54. The van der Waals surface area contributed by atoms with Crippen molar-refractivity contribution in [3.63, 3.8) is 0 Å². The number of hydrogen-bond acceptors (Lipinski definition) is 3. The van der Waals surface area contributed by atoms with Crippen LogP contribution in [0.3, 0.4) is 0 Å². The van der Waals surface area contributed by atoms with Crippen LogP contribution in [0.5, 0.6) is 0 Å². The van der Waals surface area contributed by atoms with Gasteiger partial charge in [-0.05, 0) is 31.9 Å². The van der Waals surface area contributed by atoms with Gasteiger partial charge in [0.1, 0.15) is 0 Å². The van der Waals surface area contributed by atoms with Gasteiger partial charge in [-0.25, -0.2) is 0 Å². The molecule has 0 saturated carbocycles. The zero-order chi connectivity index (χ0) is 8.69. The van der Waals surface area contributed by atoms with E-state index in [2.05, 4.69) is 37.2 Å². The highest BCUT2D eigenvalue weighted by atomic mass is 79.9. The molecule has 0 aliphatic heterocycles. The Morgan fingerprint density at radius 2 is 1.45 bits per heavy atom. The van der Waals surface area contributed by atoms with Crippen molar-refractivity contribution in [2.24, 2.45) is 0 Å². The molecule has 0 amide bonds. The molecule has 0 aliphatic carbocycles. The molecule has 0 bridgehead atoms. The summed E-state index contributed by atoms with van der Waals surface area (Å²) in [7, 11) is 0. The summed E-state index contributed by atoms with van der Waals surface area (Å²) < 4.78 is 0.997. The highest BCUT2D eigenvalue weighted by Gasteiger charge is 1.91. The van der Waals surface area contributed by atoms with Crippen LogP contribution in [0, 0.1) is 22.7 Å². The smallest absolute Gasteiger partial charge is 0.0939 e. The van der Waals surface area contributed by atoms with Gasteiger partial charge in [0.05, 0.1) is 21.4 Å². The van der Waals surface area contributed by atoms with Gasteiger partial charge in [0, 0.05) is 12.2 Å². The van der Waals surface area contributed by atoms with Crippen molar-refractivity contribution < 1.29 is 0 Å². The standard InChI is InChI=1S/C6H3Br2N3/c7-5(1-3-9)11-6(8)2-4-10/h1-2,11H/b5-1+,6-2+. The Bertz CT molecular complexity index is 239. The van der Waals surface area contributed by atoms with Crippen LogP contribution in [0.15, 0.2) is 21.4 Å². The van der Waals surface area contributed by atoms with Crippen molar-refractivity contribution in [1.29, 1.82) is 10.5 Å². The van der Waals surface area contributed by atoms with Crippen molar-refractivity contribution >= 4 is 31.9 Å². The average Bonchev–Trinajstić information content (AvgIpc) is 1.87. The minimum absolute atomic E-state index is 0.498. The lowest BCUT2D eigenvalue weighted by Gasteiger charge is -1.98. The Hall–Kier alpha value is -0.780. The molecule has 1 N–H and O–H groups in total. The van der Waals surface area contributed by atoms with E-state index < -0.39 is 0 Å². The van der Waals surface area contributed by atoms with Gasteiger partial charge in [-0.1, -0.05) is 0 Å². The molecule has 0 fully saturated rings. The molecule has 0 aromatic heterocycles. The molecule has 0 heterocycles. The fourth-order valence-electron chi connectivity index (χ4n) is 0.300. The second-order valence-corrected chi connectivity index (χ2v) is 3.08. The first-order valence-electron chi connectivity index (χ1n) is 2.48. The van der Waals surface area contributed by atoms with Crippen LogP contribution in [-0.4, -0.2) is 0 Å². The molecule has 5 heteroatoms. The molecule has 0 aromatic rings. The van der Waals surface area contributed by atoms with Gasteiger partial charge in [0.2, 0.25) is 0 Å². The van der Waals surface area contributed by atoms with Crippen LogP contribution in [0.4, 0.5) is 0 Å². The Labute approximate surface area is 81.3 Å². The SMILES string of the molecule is N#C/C=C(\Br)N/C(Br)=C/C#N. The number of hydrogen-bond donors (Lipinski definition) is 1. The maximum Gasteiger partial charge on any atom is 0.0939 e. The maximum absolute atomic E-state index is 8.18. The molecular formula is C6H3Br2N3. The first-order valence-corrected chi connectivity index (χ1v) is 4.07. The largest absolute Gasteiger partial charge is 0.343 e. The van der Waals surface area contributed by atoms with Crippen LogP contribution >= 0.6 is 31.9 Å². The lowest BCUT2D eigenvalue weighted by atomic mass is 10.6. The highest BCUT2D eigenvalue weighted by molar-refractivity contribution is 9.12. The minimum Gasteiger partial charge on any atom is -0.343 e. The minimum atomic E-state index is 0.498. The molecule has 0 radical (unpaired) electrons. The van der Waals surface area contributed by atoms with E-state index in [1.54, 1.807) is 0 Å². The molecule has 0 spiro atoms. The van der Waals surface area contributed by atoms with Crippen LogP contribution < -0.4 is 5.32 Å². The summed E-state index contributed by atoms with van der Waals surface area (Å²) in [5, 5.41) is 19.1. The number of nitrogens with one attached hydrogen (secondary N) is 1. The van der Waals surface area contributed by atoms with E-state index in [9.17, 15) is 0 Å². The summed E-state index contributed by atoms with van der Waals surface area (Å²) in [5.74, 6) is 0. The van der Waals surface area contributed by atoms with Crippen molar-refractivity contribution in [3.05, 3.63) is 21.4 Å². The first kappa shape index (κ1) is 10.2. The van der Waals surface area contributed by atoms with Crippen LogP contribution in [0.25, 0.3) is 0 Å². The Morgan fingerprint density at radius 1 is 1.09 bits per heavy atom. The fraction of sp³-hybridized carbons (Fsp3) is 0. The van der Waals surface area contributed by atoms with E-state index in [-0.39, 0.29) is 0 Å². The third-order valence-corrected chi connectivity index (χ3v) is 1.48. The zero-order valence-electron chi connectivity index (χ0n) is 5.31. The molecule has 56 valence electrons. The summed E-state index contributed by atoms with van der Waals surface area (Å²) >= 11 is 6.11. The lowest BCUT2D eigenvalue weighted by molar-refractivity contribution is 1.16. The predicted molar refractivity (Wildman–Crippen MR) is 48.4 cm³/mol. The molecule has 0 unspecified atom stereocenters. The topological polar surface area (TPSA) is 59.6 Å². The maximum atomic E-state index is 8.18. The molecule has 11 heavy (non-hydrogen) atoms. The normalized spacial score (nSPS) is 11.6. The Morgan fingerprint density at radius 3 is 1.73 bits per heavy atom. The second-order valence-electron chi connectivity index (χ2n) is 1.37. The predicted octanol–water partition coefficient (Wildman–Crippen LogP) is 2.10. The van der Waals surface area contributed by atoms with Gasteiger partial charge in [-0.15, -0.1) is 0 Å². The fourth-order valence-corrected chi connectivity index (χ4v) is 1.20. The average molecular weight is 277 g/mol. The van der Waals surface area contributed by atoms with Crippen molar-refractivity contribution in [3.8, 4) is 12.1 Å². The van der Waals surface area contributed by atoms with Crippen LogP contribution in [0.1, 0.15) is 0 Å². The number of nitriles is 2. The van der Waals surface area contributed by atoms with E-state index in [0.29, 0.717) is 9.21 Å². The Balaban J connectivity index is 4.10. The zero-order valence-corrected chi connectivity index (χ0v) is 8.48. The molecule has 0 aliphatic rings. The van der Waals surface area contributed by atoms with Crippen LogP contribution in [-0.2, 0) is 0 Å². The summed E-state index contributed by atoms with van der Waals surface area (Å²) in [6, 6.07) is 3.63. The van der Waals surface area contributed by atoms with Crippen molar-refractivity contribution in [2.75, 3.05) is 0 Å². The van der Waals surface area contributed by atoms with Gasteiger partial charge in [-0.2, -0.15) is 10.5 Å². The summed E-state index contributed by atoms with van der Waals surface area (Å²) in [5.41, 5.74) is 0. The van der Waals surface area contributed by atoms with E-state index in [0.717, 1.165) is 0 Å². The van der Waals surface area contributed by atoms with Crippen molar-refractivity contribution in [2.45, 2.75) is 0 Å². The molecular weight excluding hydrogens is 274 g/mol. The first-order chi connectivity index (χ1) is 5.20. The molecule has 0 aromatic carbocycles. The van der Waals surface area contributed by atoms with Crippen molar-refractivity contribution in [1.82, 2.24) is 5.32 Å². The quantitative estimate of drug-likeness (QED) is 0.621. The summed E-state index contributed by atoms with van der Waals surface area (Å²) in [6.07, 6.45) is 2.54. The van der Waals surface area contributed by atoms with Gasteiger partial charge < -0.3 is 5.32 Å². The van der Waals surface area contributed by atoms with Gasteiger partial charge >= 0.3 is 0 Å². The third-order valence-electron chi connectivity index (χ3n) is 0.621. The summed E-state index contributed by atoms with van der Waals surface area (Å²) in [4.78, 5) is 0. The van der Waals surface area contributed by atoms with Gasteiger partial charge in [0.15, 0.2) is 0 Å². The molecule has 3 nitrogen and oxygen atoms in total. The monoisotopic (exact) mass is 275 g/mol. The molecule has 0 atom stereocenters. The van der Waals surface area contributed by atoms with Gasteiger partial charge in [0.25, 0.3) is 0 Å². The van der Waals surface area contributed by atoms with E-state index in [1.165, 1.54) is 12.2 Å². The third kappa shape index (κ3) is 5.65.